The lowest BCUT2D eigenvalue weighted by Crippen LogP contribution is -2.07. The Labute approximate surface area is 133 Å². The van der Waals surface area contributed by atoms with Crippen LogP contribution in [-0.2, 0) is 0 Å². The molecule has 3 nitrogen and oxygen atoms in total. The zero-order valence-electron chi connectivity index (χ0n) is 13.8. The summed E-state index contributed by atoms with van der Waals surface area (Å²) in [6, 6.07) is 2.04. The van der Waals surface area contributed by atoms with E-state index in [1.54, 1.807) is 0 Å². The van der Waals surface area contributed by atoms with Gasteiger partial charge in [-0.1, -0.05) is 27.7 Å². The van der Waals surface area contributed by atoms with Crippen molar-refractivity contribution in [3.8, 4) is 0 Å². The predicted molar refractivity (Wildman–Crippen MR) is 83.2 cm³/mol. The van der Waals surface area contributed by atoms with Crippen molar-refractivity contribution in [1.82, 2.24) is 4.98 Å². The number of benzene rings is 1. The normalized spacial score (nSPS) is 9.22. The Hall–Kier alpha value is -2.37. The number of hydrogen-bond acceptors (Lipinski definition) is 2. The Kier molecular flexibility index (Phi) is 8.62. The SMILES string of the molecule is CC.CC.CC(=O)c1cc(C(=O)c2c(F)cc(F)cc2F)c[nH]1. The van der Waals surface area contributed by atoms with Gasteiger partial charge in [0.05, 0.1) is 11.3 Å². The van der Waals surface area contributed by atoms with E-state index in [9.17, 15) is 22.8 Å². The van der Waals surface area contributed by atoms with Gasteiger partial charge in [-0.25, -0.2) is 13.2 Å². The topological polar surface area (TPSA) is 49.9 Å². The van der Waals surface area contributed by atoms with E-state index in [1.165, 1.54) is 19.2 Å². The third-order valence-electron chi connectivity index (χ3n) is 2.56. The largest absolute Gasteiger partial charge is 0.358 e. The Bertz CT molecular complexity index is 655. The highest BCUT2D eigenvalue weighted by Crippen LogP contribution is 2.19. The third-order valence-corrected chi connectivity index (χ3v) is 2.56. The molecule has 0 saturated carbocycles. The summed E-state index contributed by atoms with van der Waals surface area (Å²) < 4.78 is 39.6. The number of aromatic nitrogens is 1. The Morgan fingerprint density at radius 3 is 1.78 bits per heavy atom. The lowest BCUT2D eigenvalue weighted by Gasteiger charge is -2.02. The summed E-state index contributed by atoms with van der Waals surface area (Å²) in [5, 5.41) is 0. The molecule has 0 bridgehead atoms. The van der Waals surface area contributed by atoms with Crippen molar-refractivity contribution >= 4 is 11.6 Å². The van der Waals surface area contributed by atoms with Crippen molar-refractivity contribution in [1.29, 1.82) is 0 Å². The molecule has 0 atom stereocenters. The van der Waals surface area contributed by atoms with Crippen LogP contribution in [0.2, 0.25) is 0 Å². The first-order valence-electron chi connectivity index (χ1n) is 7.28. The van der Waals surface area contributed by atoms with Crippen LogP contribution in [0, 0.1) is 17.5 Å². The molecular weight excluding hydrogens is 307 g/mol. The summed E-state index contributed by atoms with van der Waals surface area (Å²) in [7, 11) is 0. The second-order valence-electron chi connectivity index (χ2n) is 3.93. The van der Waals surface area contributed by atoms with E-state index in [2.05, 4.69) is 4.98 Å². The van der Waals surface area contributed by atoms with Crippen LogP contribution in [-0.4, -0.2) is 16.6 Å². The third kappa shape index (κ3) is 5.09. The van der Waals surface area contributed by atoms with Crippen LogP contribution >= 0.6 is 0 Å². The van der Waals surface area contributed by atoms with E-state index in [0.29, 0.717) is 12.1 Å². The van der Waals surface area contributed by atoms with Gasteiger partial charge >= 0.3 is 0 Å². The van der Waals surface area contributed by atoms with E-state index in [0.717, 1.165) is 0 Å². The minimum absolute atomic E-state index is 0.0744. The molecule has 0 aliphatic rings. The van der Waals surface area contributed by atoms with Crippen molar-refractivity contribution in [2.45, 2.75) is 34.6 Å². The van der Waals surface area contributed by atoms with Gasteiger partial charge in [0.1, 0.15) is 17.5 Å². The van der Waals surface area contributed by atoms with Crippen LogP contribution in [0.4, 0.5) is 13.2 Å². The molecule has 126 valence electrons. The van der Waals surface area contributed by atoms with Gasteiger partial charge in [-0.15, -0.1) is 0 Å². The minimum atomic E-state index is -1.28. The Balaban J connectivity index is 0.00000112. The van der Waals surface area contributed by atoms with Gasteiger partial charge in [0.25, 0.3) is 0 Å². The van der Waals surface area contributed by atoms with Crippen LogP contribution in [0.25, 0.3) is 0 Å². The lowest BCUT2D eigenvalue weighted by atomic mass is 10.0. The van der Waals surface area contributed by atoms with E-state index >= 15 is 0 Å². The van der Waals surface area contributed by atoms with Gasteiger partial charge in [0.2, 0.25) is 0 Å². The van der Waals surface area contributed by atoms with E-state index in [4.69, 9.17) is 0 Å². The number of ketones is 2. The van der Waals surface area contributed by atoms with Crippen LogP contribution in [0.3, 0.4) is 0 Å². The number of Topliss-reactive ketones (excluding diaryl/α,β-unsaturated/α-hetero) is 1. The molecule has 1 heterocycles. The summed E-state index contributed by atoms with van der Waals surface area (Å²) >= 11 is 0. The molecule has 0 amide bonds. The number of rotatable bonds is 3. The van der Waals surface area contributed by atoms with Crippen LogP contribution in [0.5, 0.6) is 0 Å². The Morgan fingerprint density at radius 1 is 0.913 bits per heavy atom. The molecule has 1 aromatic carbocycles. The maximum absolute atomic E-state index is 13.4. The Morgan fingerprint density at radius 2 is 1.39 bits per heavy atom. The molecule has 1 aromatic heterocycles. The molecule has 0 aliphatic heterocycles. The molecule has 2 aromatic rings. The monoisotopic (exact) mass is 327 g/mol. The molecule has 0 aliphatic carbocycles. The maximum Gasteiger partial charge on any atom is 0.200 e. The van der Waals surface area contributed by atoms with Gasteiger partial charge < -0.3 is 4.98 Å². The van der Waals surface area contributed by atoms with E-state index in [-0.39, 0.29) is 17.0 Å². The van der Waals surface area contributed by atoms with Gasteiger partial charge in [0.15, 0.2) is 11.6 Å². The molecular formula is C17H20F3NO2. The average molecular weight is 327 g/mol. The number of aromatic amines is 1. The highest BCUT2D eigenvalue weighted by molar-refractivity contribution is 6.10. The number of nitrogens with one attached hydrogen (secondary N) is 1. The first-order valence-corrected chi connectivity index (χ1v) is 7.28. The number of carbonyl (C=O) groups is 2. The number of hydrogen-bond donors (Lipinski definition) is 1. The van der Waals surface area contributed by atoms with Gasteiger partial charge in [0, 0.05) is 30.8 Å². The maximum atomic E-state index is 13.4. The van der Waals surface area contributed by atoms with Crippen molar-refractivity contribution in [2.24, 2.45) is 0 Å². The fourth-order valence-corrected chi connectivity index (χ4v) is 1.63. The van der Waals surface area contributed by atoms with Crippen molar-refractivity contribution in [3.05, 3.63) is 58.7 Å². The van der Waals surface area contributed by atoms with Gasteiger partial charge in [-0.2, -0.15) is 0 Å². The van der Waals surface area contributed by atoms with Crippen LogP contribution in [0.15, 0.2) is 24.4 Å². The summed E-state index contributed by atoms with van der Waals surface area (Å²) in [6.45, 7) is 9.28. The molecule has 2 rings (SSSR count). The highest BCUT2D eigenvalue weighted by Gasteiger charge is 2.21. The summed E-state index contributed by atoms with van der Waals surface area (Å²) in [5.41, 5.74) is -0.781. The number of carbonyl (C=O) groups excluding carboxylic acids is 2. The summed E-state index contributed by atoms with van der Waals surface area (Å²) in [4.78, 5) is 25.5. The van der Waals surface area contributed by atoms with Crippen LogP contribution < -0.4 is 0 Å². The lowest BCUT2D eigenvalue weighted by molar-refractivity contribution is 0.101. The average Bonchev–Trinajstić information content (AvgIpc) is 3.00. The molecule has 0 unspecified atom stereocenters. The van der Waals surface area contributed by atoms with Crippen molar-refractivity contribution in [2.75, 3.05) is 0 Å². The highest BCUT2D eigenvalue weighted by atomic mass is 19.1. The van der Waals surface area contributed by atoms with Crippen molar-refractivity contribution in [3.63, 3.8) is 0 Å². The molecule has 0 saturated heterocycles. The molecule has 23 heavy (non-hydrogen) atoms. The first-order chi connectivity index (χ1) is 10.9. The summed E-state index contributed by atoms with van der Waals surface area (Å²) in [5.74, 6) is -4.95. The van der Waals surface area contributed by atoms with E-state index in [1.807, 2.05) is 27.7 Å². The second kappa shape index (κ2) is 9.61. The zero-order chi connectivity index (χ0) is 18.2. The van der Waals surface area contributed by atoms with E-state index < -0.39 is 28.8 Å². The molecule has 1 N–H and O–H groups in total. The number of H-pyrrole nitrogens is 1. The molecule has 0 spiro atoms. The standard InChI is InChI=1S/C13H8F3NO2.2C2H6/c1-6(18)11-2-7(5-17-11)13(19)12-9(15)3-8(14)4-10(12)16;2*1-2/h2-5,17H,1H3;2*1-2H3. The molecule has 0 fully saturated rings. The second-order valence-corrected chi connectivity index (χ2v) is 3.93. The first kappa shape index (κ1) is 20.6. The minimum Gasteiger partial charge on any atom is -0.358 e. The molecule has 6 heteroatoms. The van der Waals surface area contributed by atoms with Gasteiger partial charge in [-0.3, -0.25) is 9.59 Å². The van der Waals surface area contributed by atoms with Crippen LogP contribution in [0.1, 0.15) is 61.0 Å². The summed E-state index contributed by atoms with van der Waals surface area (Å²) in [6.07, 6.45) is 1.17. The fraction of sp³-hybridized carbons (Fsp3) is 0.294. The zero-order valence-corrected chi connectivity index (χ0v) is 13.8. The fourth-order valence-electron chi connectivity index (χ4n) is 1.63. The predicted octanol–water partition coefficient (Wildman–Crippen LogP) is 4.92. The quantitative estimate of drug-likeness (QED) is 0.814. The van der Waals surface area contributed by atoms with Crippen molar-refractivity contribution < 1.29 is 22.8 Å². The van der Waals surface area contributed by atoms with Gasteiger partial charge in [-0.05, 0) is 6.07 Å². The smallest absolute Gasteiger partial charge is 0.200 e. The number of halogens is 3. The molecule has 0 radical (unpaired) electrons.